The van der Waals surface area contributed by atoms with Crippen LogP contribution in [0.5, 0.6) is 0 Å². The Bertz CT molecular complexity index is 1400. The number of carbonyl (C=O) groups excluding carboxylic acids is 2. The Morgan fingerprint density at radius 1 is 0.829 bits per heavy atom. The van der Waals surface area contributed by atoms with Gasteiger partial charge in [0.2, 0.25) is 0 Å². The van der Waals surface area contributed by atoms with Crippen molar-refractivity contribution in [1.29, 1.82) is 0 Å². The van der Waals surface area contributed by atoms with Gasteiger partial charge < -0.3 is 9.47 Å². The first-order valence-electron chi connectivity index (χ1n) is 10.6. The third-order valence-electron chi connectivity index (χ3n) is 5.54. The second-order valence-electron chi connectivity index (χ2n) is 7.73. The van der Waals surface area contributed by atoms with E-state index in [-0.39, 0.29) is 9.80 Å². The number of methoxy groups -OCH3 is 2. The number of carbonyl (C=O) groups is 2. The summed E-state index contributed by atoms with van der Waals surface area (Å²) in [7, 11) is -2.05. The van der Waals surface area contributed by atoms with Crippen molar-refractivity contribution in [3.63, 3.8) is 0 Å². The molecule has 3 aromatic rings. The van der Waals surface area contributed by atoms with Gasteiger partial charge in [-0.2, -0.15) is 0 Å². The molecule has 0 aromatic heterocycles. The van der Waals surface area contributed by atoms with Gasteiger partial charge in [-0.1, -0.05) is 78.0 Å². The molecular weight excluding hydrogens is 486 g/mol. The van der Waals surface area contributed by atoms with Gasteiger partial charge in [-0.25, -0.2) is 22.3 Å². The van der Waals surface area contributed by atoms with Crippen LogP contribution in [0.1, 0.15) is 22.7 Å². The van der Waals surface area contributed by atoms with Crippen LogP contribution in [0.4, 0.5) is 0 Å². The van der Waals surface area contributed by atoms with Crippen molar-refractivity contribution in [2.75, 3.05) is 14.2 Å². The van der Waals surface area contributed by atoms with E-state index in [2.05, 4.69) is 0 Å². The molecular formula is C26H23NO6S2. The molecule has 4 rings (SSSR count). The van der Waals surface area contributed by atoms with E-state index in [4.69, 9.17) is 9.47 Å². The van der Waals surface area contributed by atoms with E-state index >= 15 is 0 Å². The standard InChI is InChI=1S/C26H23NO6S2/c1-17-13-15-19(16-14-17)35(30,31)27-22(18-9-5-4-6-10-18)20-11-7-8-12-21(20)34-24(26(29)33-3)23(27)25(28)32-2/h4-16,22H,1-3H3/t22-/m1/s1. The summed E-state index contributed by atoms with van der Waals surface area (Å²) in [6.45, 7) is 1.84. The molecule has 7 nitrogen and oxygen atoms in total. The Morgan fingerprint density at radius 2 is 1.43 bits per heavy atom. The first kappa shape index (κ1) is 24.6. The Balaban J connectivity index is 2.14. The largest absolute Gasteiger partial charge is 0.465 e. The van der Waals surface area contributed by atoms with Crippen molar-refractivity contribution >= 4 is 33.7 Å². The molecule has 0 bridgehead atoms. The molecule has 0 saturated carbocycles. The number of fused-ring (bicyclic) bond motifs is 1. The van der Waals surface area contributed by atoms with Crippen LogP contribution in [0.3, 0.4) is 0 Å². The summed E-state index contributed by atoms with van der Waals surface area (Å²) in [4.78, 5) is 26.5. The van der Waals surface area contributed by atoms with Gasteiger partial charge >= 0.3 is 11.9 Å². The van der Waals surface area contributed by atoms with Crippen molar-refractivity contribution in [2.24, 2.45) is 0 Å². The second kappa shape index (κ2) is 9.97. The summed E-state index contributed by atoms with van der Waals surface area (Å²) >= 11 is 0.976. The van der Waals surface area contributed by atoms with Crippen LogP contribution in [-0.2, 0) is 29.1 Å². The molecule has 3 aromatic carbocycles. The minimum absolute atomic E-state index is 0.0287. The third-order valence-corrected chi connectivity index (χ3v) is 8.47. The topological polar surface area (TPSA) is 90.0 Å². The monoisotopic (exact) mass is 509 g/mol. The molecule has 35 heavy (non-hydrogen) atoms. The fraction of sp³-hybridized carbons (Fsp3) is 0.154. The lowest BCUT2D eigenvalue weighted by atomic mass is 9.98. The summed E-state index contributed by atoms with van der Waals surface area (Å²) in [6.07, 6.45) is 0. The molecule has 1 aliphatic rings. The van der Waals surface area contributed by atoms with Crippen LogP contribution in [0.25, 0.3) is 0 Å². The molecule has 0 aliphatic carbocycles. The quantitative estimate of drug-likeness (QED) is 0.470. The molecule has 0 saturated heterocycles. The average molecular weight is 510 g/mol. The molecule has 0 radical (unpaired) electrons. The number of hydrogen-bond acceptors (Lipinski definition) is 7. The molecule has 0 unspecified atom stereocenters. The number of ether oxygens (including phenoxy) is 2. The zero-order valence-electron chi connectivity index (χ0n) is 19.3. The van der Waals surface area contributed by atoms with Crippen molar-refractivity contribution in [3.05, 3.63) is 106 Å². The molecule has 0 fully saturated rings. The van der Waals surface area contributed by atoms with Crippen molar-refractivity contribution in [3.8, 4) is 0 Å². The van der Waals surface area contributed by atoms with Crippen molar-refractivity contribution < 1.29 is 27.5 Å². The molecule has 180 valence electrons. The molecule has 1 heterocycles. The minimum atomic E-state index is -4.37. The fourth-order valence-corrected chi connectivity index (χ4v) is 6.65. The van der Waals surface area contributed by atoms with Gasteiger partial charge in [0.25, 0.3) is 10.0 Å². The van der Waals surface area contributed by atoms with Crippen LogP contribution in [-0.4, -0.2) is 38.9 Å². The number of benzene rings is 3. The van der Waals surface area contributed by atoms with Gasteiger partial charge in [0, 0.05) is 4.90 Å². The second-order valence-corrected chi connectivity index (χ2v) is 10.6. The number of aryl methyl sites for hydroxylation is 1. The van der Waals surface area contributed by atoms with Gasteiger partial charge in [-0.05, 0) is 36.2 Å². The minimum Gasteiger partial charge on any atom is -0.465 e. The maximum Gasteiger partial charge on any atom is 0.356 e. The normalized spacial score (nSPS) is 15.7. The summed E-state index contributed by atoms with van der Waals surface area (Å²) < 4.78 is 39.5. The molecule has 1 aliphatic heterocycles. The summed E-state index contributed by atoms with van der Waals surface area (Å²) in [5.74, 6) is -1.81. The van der Waals surface area contributed by atoms with E-state index in [1.165, 1.54) is 19.2 Å². The number of rotatable bonds is 5. The fourth-order valence-electron chi connectivity index (χ4n) is 3.86. The van der Waals surface area contributed by atoms with Crippen molar-refractivity contribution in [2.45, 2.75) is 22.8 Å². The van der Waals surface area contributed by atoms with Gasteiger partial charge in [0.1, 0.15) is 4.91 Å². The van der Waals surface area contributed by atoms with E-state index in [1.807, 2.05) is 13.0 Å². The van der Waals surface area contributed by atoms with E-state index in [1.54, 1.807) is 60.7 Å². The number of nitrogens with zero attached hydrogens (tertiary/aromatic N) is 1. The van der Waals surface area contributed by atoms with E-state index in [9.17, 15) is 18.0 Å². The first-order valence-corrected chi connectivity index (χ1v) is 12.9. The lowest BCUT2D eigenvalue weighted by Crippen LogP contribution is -2.39. The zero-order valence-corrected chi connectivity index (χ0v) is 20.9. The van der Waals surface area contributed by atoms with E-state index < -0.39 is 33.7 Å². The highest BCUT2D eigenvalue weighted by Crippen LogP contribution is 2.47. The first-order chi connectivity index (χ1) is 16.8. The molecule has 0 N–H and O–H groups in total. The summed E-state index contributed by atoms with van der Waals surface area (Å²) in [5.41, 5.74) is 1.69. The predicted octanol–water partition coefficient (Wildman–Crippen LogP) is 4.44. The van der Waals surface area contributed by atoms with Crippen LogP contribution >= 0.6 is 11.8 Å². The molecule has 1 atom stereocenters. The van der Waals surface area contributed by atoms with Gasteiger partial charge in [0.15, 0.2) is 5.70 Å². The van der Waals surface area contributed by atoms with Crippen LogP contribution < -0.4 is 0 Å². The molecule has 9 heteroatoms. The summed E-state index contributed by atoms with van der Waals surface area (Å²) in [6, 6.07) is 21.4. The number of sulfonamides is 1. The third kappa shape index (κ3) is 4.56. The molecule has 0 spiro atoms. The van der Waals surface area contributed by atoms with Crippen LogP contribution in [0.2, 0.25) is 0 Å². The highest BCUT2D eigenvalue weighted by molar-refractivity contribution is 8.04. The maximum atomic E-state index is 14.3. The highest BCUT2D eigenvalue weighted by Gasteiger charge is 2.44. The van der Waals surface area contributed by atoms with Gasteiger partial charge in [0.05, 0.1) is 25.2 Å². The van der Waals surface area contributed by atoms with Gasteiger partial charge in [-0.15, -0.1) is 0 Å². The van der Waals surface area contributed by atoms with Gasteiger partial charge in [-0.3, -0.25) is 0 Å². The number of thioether (sulfide) groups is 1. The Kier molecular flexibility index (Phi) is 7.00. The Morgan fingerprint density at radius 3 is 2.06 bits per heavy atom. The zero-order chi connectivity index (χ0) is 25.2. The maximum absolute atomic E-state index is 14.3. The number of esters is 2. The number of hydrogen-bond donors (Lipinski definition) is 0. The van der Waals surface area contributed by atoms with Crippen LogP contribution in [0, 0.1) is 6.92 Å². The van der Waals surface area contributed by atoms with E-state index in [0.717, 1.165) is 28.7 Å². The van der Waals surface area contributed by atoms with Crippen molar-refractivity contribution in [1.82, 2.24) is 4.31 Å². The summed E-state index contributed by atoms with van der Waals surface area (Å²) in [5, 5.41) is 0. The van der Waals surface area contributed by atoms with Crippen LogP contribution in [0.15, 0.2) is 99.3 Å². The average Bonchev–Trinajstić information content (AvgIpc) is 3.04. The Hall–Kier alpha value is -3.56. The smallest absolute Gasteiger partial charge is 0.356 e. The SMILES string of the molecule is COC(=O)C1=C(C(=O)OC)N(S(=O)(=O)c2ccc(C)cc2)[C@H](c2ccccc2)c2ccccc2S1. The lowest BCUT2D eigenvalue weighted by Gasteiger charge is -2.33. The Labute approximate surface area is 208 Å². The highest BCUT2D eigenvalue weighted by atomic mass is 32.2. The molecule has 0 amide bonds. The van der Waals surface area contributed by atoms with E-state index in [0.29, 0.717) is 16.0 Å². The predicted molar refractivity (Wildman–Crippen MR) is 132 cm³/mol. The lowest BCUT2D eigenvalue weighted by molar-refractivity contribution is -0.139.